The monoisotopic (exact) mass is 256 g/mol. The molecule has 0 radical (unpaired) electrons. The Hall–Kier alpha value is -0.520. The maximum atomic E-state index is 11.7. The largest absolute Gasteiger partial charge is 0.321 e. The van der Waals surface area contributed by atoms with E-state index >= 15 is 0 Å². The fourth-order valence-corrected chi connectivity index (χ4v) is 3.10. The zero-order valence-electron chi connectivity index (χ0n) is 9.31. The van der Waals surface area contributed by atoms with Gasteiger partial charge in [0.15, 0.2) is 0 Å². The fraction of sp³-hybridized carbons (Fsp3) is 0.545. The molecule has 1 unspecified atom stereocenters. The second kappa shape index (κ2) is 5.70. The lowest BCUT2D eigenvalue weighted by Gasteiger charge is -2.23. The molecule has 1 atom stereocenters. The lowest BCUT2D eigenvalue weighted by molar-refractivity contribution is -0.128. The van der Waals surface area contributed by atoms with Crippen LogP contribution in [0.25, 0.3) is 0 Å². The summed E-state index contributed by atoms with van der Waals surface area (Å²) >= 11 is 3.53. The highest BCUT2D eigenvalue weighted by Gasteiger charge is 2.31. The SMILES string of the molecule is CSCCCN1C(=O)CNC1c1cccs1. The van der Waals surface area contributed by atoms with Gasteiger partial charge in [0, 0.05) is 11.4 Å². The van der Waals surface area contributed by atoms with Gasteiger partial charge < -0.3 is 4.90 Å². The number of amides is 1. The Balaban J connectivity index is 1.99. The molecule has 0 bridgehead atoms. The highest BCUT2D eigenvalue weighted by atomic mass is 32.2. The summed E-state index contributed by atoms with van der Waals surface area (Å²) in [5, 5.41) is 5.32. The molecule has 0 aliphatic carbocycles. The predicted molar refractivity (Wildman–Crippen MR) is 69.8 cm³/mol. The molecule has 0 spiro atoms. The van der Waals surface area contributed by atoms with Crippen LogP contribution in [-0.4, -0.2) is 35.9 Å². The number of thioether (sulfide) groups is 1. The third kappa shape index (κ3) is 2.59. The summed E-state index contributed by atoms with van der Waals surface area (Å²) in [5.74, 6) is 1.33. The number of carbonyl (C=O) groups is 1. The minimum absolute atomic E-state index is 0.106. The Bertz CT molecular complexity index is 340. The van der Waals surface area contributed by atoms with Crippen LogP contribution in [-0.2, 0) is 4.79 Å². The third-order valence-electron chi connectivity index (χ3n) is 2.64. The Labute approximate surface area is 104 Å². The number of rotatable bonds is 5. The van der Waals surface area contributed by atoms with Crippen LogP contribution in [0.15, 0.2) is 17.5 Å². The van der Waals surface area contributed by atoms with Gasteiger partial charge in [-0.05, 0) is 29.9 Å². The highest BCUT2D eigenvalue weighted by molar-refractivity contribution is 7.98. The molecule has 3 nitrogen and oxygen atoms in total. The average Bonchev–Trinajstić information content (AvgIpc) is 2.89. The molecule has 1 saturated heterocycles. The number of nitrogens with one attached hydrogen (secondary N) is 1. The number of hydrogen-bond acceptors (Lipinski definition) is 4. The van der Waals surface area contributed by atoms with Gasteiger partial charge in [0.2, 0.25) is 5.91 Å². The van der Waals surface area contributed by atoms with Gasteiger partial charge in [0.1, 0.15) is 6.17 Å². The minimum Gasteiger partial charge on any atom is -0.321 e. The summed E-state index contributed by atoms with van der Waals surface area (Å²) in [6, 6.07) is 4.12. The van der Waals surface area contributed by atoms with E-state index in [1.54, 1.807) is 11.3 Å². The van der Waals surface area contributed by atoms with Gasteiger partial charge >= 0.3 is 0 Å². The molecule has 1 aliphatic rings. The number of nitrogens with zero attached hydrogens (tertiary/aromatic N) is 1. The number of carbonyl (C=O) groups excluding carboxylic acids is 1. The van der Waals surface area contributed by atoms with Crippen molar-refractivity contribution in [1.29, 1.82) is 0 Å². The molecule has 0 aromatic carbocycles. The molecule has 1 aliphatic heterocycles. The first-order valence-electron chi connectivity index (χ1n) is 5.38. The third-order valence-corrected chi connectivity index (χ3v) is 4.26. The summed E-state index contributed by atoms with van der Waals surface area (Å²) in [5.41, 5.74) is 0. The smallest absolute Gasteiger partial charge is 0.238 e. The molecule has 1 fully saturated rings. The first kappa shape index (κ1) is 12.0. The van der Waals surface area contributed by atoms with Gasteiger partial charge in [-0.15, -0.1) is 11.3 Å². The summed E-state index contributed by atoms with van der Waals surface area (Å²) in [6.07, 6.45) is 3.27. The molecule has 88 valence electrons. The Morgan fingerprint density at radius 3 is 3.25 bits per heavy atom. The summed E-state index contributed by atoms with van der Waals surface area (Å²) in [7, 11) is 0. The van der Waals surface area contributed by atoms with Crippen molar-refractivity contribution in [3.05, 3.63) is 22.4 Å². The molecule has 1 aromatic rings. The van der Waals surface area contributed by atoms with Gasteiger partial charge in [-0.3, -0.25) is 10.1 Å². The normalized spacial score (nSPS) is 20.7. The minimum atomic E-state index is 0.106. The van der Waals surface area contributed by atoms with E-state index in [4.69, 9.17) is 0 Å². The average molecular weight is 256 g/mol. The van der Waals surface area contributed by atoms with E-state index in [-0.39, 0.29) is 12.1 Å². The van der Waals surface area contributed by atoms with Crippen LogP contribution < -0.4 is 5.32 Å². The van der Waals surface area contributed by atoms with E-state index in [0.717, 1.165) is 18.7 Å². The van der Waals surface area contributed by atoms with Crippen LogP contribution in [0, 0.1) is 0 Å². The van der Waals surface area contributed by atoms with Crippen LogP contribution in [0.4, 0.5) is 0 Å². The molecule has 2 rings (SSSR count). The first-order chi connectivity index (χ1) is 7.83. The van der Waals surface area contributed by atoms with Crippen molar-refractivity contribution in [3.8, 4) is 0 Å². The van der Waals surface area contributed by atoms with Gasteiger partial charge in [-0.25, -0.2) is 0 Å². The van der Waals surface area contributed by atoms with Crippen LogP contribution >= 0.6 is 23.1 Å². The number of hydrogen-bond donors (Lipinski definition) is 1. The van der Waals surface area contributed by atoms with E-state index in [1.165, 1.54) is 4.88 Å². The van der Waals surface area contributed by atoms with Crippen LogP contribution in [0.2, 0.25) is 0 Å². The molecular formula is C11H16N2OS2. The Kier molecular flexibility index (Phi) is 4.26. The van der Waals surface area contributed by atoms with E-state index in [9.17, 15) is 4.79 Å². The molecule has 1 amide bonds. The van der Waals surface area contributed by atoms with E-state index < -0.39 is 0 Å². The lowest BCUT2D eigenvalue weighted by Crippen LogP contribution is -2.31. The van der Waals surface area contributed by atoms with Crippen LogP contribution in [0.3, 0.4) is 0 Å². The Morgan fingerprint density at radius 1 is 1.69 bits per heavy atom. The first-order valence-corrected chi connectivity index (χ1v) is 7.65. The van der Waals surface area contributed by atoms with Gasteiger partial charge in [0.25, 0.3) is 0 Å². The van der Waals surface area contributed by atoms with Crippen LogP contribution in [0.1, 0.15) is 17.5 Å². The second-order valence-corrected chi connectivity index (χ2v) is 5.70. The maximum absolute atomic E-state index is 11.7. The lowest BCUT2D eigenvalue weighted by atomic mass is 10.3. The summed E-state index contributed by atoms with van der Waals surface area (Å²) < 4.78 is 0. The molecular weight excluding hydrogens is 240 g/mol. The molecule has 2 heterocycles. The maximum Gasteiger partial charge on any atom is 0.238 e. The zero-order chi connectivity index (χ0) is 11.4. The van der Waals surface area contributed by atoms with Crippen molar-refractivity contribution in [3.63, 3.8) is 0 Å². The van der Waals surface area contributed by atoms with Gasteiger partial charge in [0.05, 0.1) is 6.54 Å². The highest BCUT2D eigenvalue weighted by Crippen LogP contribution is 2.26. The summed E-state index contributed by atoms with van der Waals surface area (Å²) in [4.78, 5) is 14.9. The molecule has 1 aromatic heterocycles. The quantitative estimate of drug-likeness (QED) is 0.817. The summed E-state index contributed by atoms with van der Waals surface area (Å²) in [6.45, 7) is 1.33. The van der Waals surface area contributed by atoms with E-state index in [0.29, 0.717) is 6.54 Å². The Morgan fingerprint density at radius 2 is 2.56 bits per heavy atom. The standard InChI is InChI=1S/C11H16N2OS2/c1-15-6-3-5-13-10(14)8-12-11(13)9-4-2-7-16-9/h2,4,7,11-12H,3,5-6,8H2,1H3. The number of thiophene rings is 1. The van der Waals surface area contributed by atoms with Gasteiger partial charge in [-0.2, -0.15) is 11.8 Å². The molecule has 16 heavy (non-hydrogen) atoms. The van der Waals surface area contributed by atoms with Crippen molar-refractivity contribution in [2.75, 3.05) is 25.1 Å². The van der Waals surface area contributed by atoms with E-state index in [1.807, 2.05) is 22.7 Å². The molecule has 5 heteroatoms. The van der Waals surface area contributed by atoms with Crippen molar-refractivity contribution < 1.29 is 4.79 Å². The molecule has 1 N–H and O–H groups in total. The van der Waals surface area contributed by atoms with Gasteiger partial charge in [-0.1, -0.05) is 6.07 Å². The predicted octanol–water partition coefficient (Wildman–Crippen LogP) is 1.93. The second-order valence-electron chi connectivity index (χ2n) is 3.73. The van der Waals surface area contributed by atoms with Crippen molar-refractivity contribution in [1.82, 2.24) is 10.2 Å². The zero-order valence-corrected chi connectivity index (χ0v) is 10.9. The molecule has 0 saturated carbocycles. The van der Waals surface area contributed by atoms with Crippen LogP contribution in [0.5, 0.6) is 0 Å². The van der Waals surface area contributed by atoms with Crippen molar-refractivity contribution in [2.45, 2.75) is 12.6 Å². The fourth-order valence-electron chi connectivity index (χ4n) is 1.87. The van der Waals surface area contributed by atoms with Crippen molar-refractivity contribution in [2.24, 2.45) is 0 Å². The van der Waals surface area contributed by atoms with E-state index in [2.05, 4.69) is 23.0 Å². The topological polar surface area (TPSA) is 32.3 Å². The van der Waals surface area contributed by atoms with Crippen molar-refractivity contribution >= 4 is 29.0 Å².